The third-order valence-electron chi connectivity index (χ3n) is 7.75. The summed E-state index contributed by atoms with van der Waals surface area (Å²) in [5.41, 5.74) is 3.79. The minimum atomic E-state index is -0.787. The van der Waals surface area contributed by atoms with Gasteiger partial charge in [-0.1, -0.05) is 30.3 Å². The van der Waals surface area contributed by atoms with Crippen LogP contribution in [0.4, 0.5) is 0 Å². The molecule has 238 valence electrons. The summed E-state index contributed by atoms with van der Waals surface area (Å²) in [6.45, 7) is 0.765. The average molecular weight is 625 g/mol. The van der Waals surface area contributed by atoms with E-state index in [1.54, 1.807) is 78.9 Å². The Kier molecular flexibility index (Phi) is 9.97. The Morgan fingerprint density at radius 1 is 0.783 bits per heavy atom. The summed E-state index contributed by atoms with van der Waals surface area (Å²) < 4.78 is 17.3. The van der Waals surface area contributed by atoms with Crippen molar-refractivity contribution in [1.29, 1.82) is 0 Å². The molecule has 0 fully saturated rings. The van der Waals surface area contributed by atoms with Crippen molar-refractivity contribution >= 4 is 17.9 Å². The van der Waals surface area contributed by atoms with Gasteiger partial charge >= 0.3 is 0 Å². The van der Waals surface area contributed by atoms with Gasteiger partial charge in [0.25, 0.3) is 0 Å². The van der Waals surface area contributed by atoms with Crippen LogP contribution in [-0.4, -0.2) is 54.4 Å². The van der Waals surface area contributed by atoms with Crippen molar-refractivity contribution in [1.82, 2.24) is 10.6 Å². The first-order valence-electron chi connectivity index (χ1n) is 14.8. The van der Waals surface area contributed by atoms with Crippen molar-refractivity contribution in [3.63, 3.8) is 0 Å². The zero-order valence-electron chi connectivity index (χ0n) is 25.5. The van der Waals surface area contributed by atoms with Gasteiger partial charge in [0, 0.05) is 24.7 Å². The lowest BCUT2D eigenvalue weighted by atomic mass is 9.89. The molecule has 0 saturated heterocycles. The predicted octanol–water partition coefficient (Wildman–Crippen LogP) is 4.77. The molecule has 0 saturated carbocycles. The maximum Gasteiger partial charge on any atom is 0.244 e. The van der Waals surface area contributed by atoms with E-state index in [1.165, 1.54) is 26.4 Å². The maximum absolute atomic E-state index is 13.8. The number of amides is 2. The number of phenols is 3. The zero-order chi connectivity index (χ0) is 32.6. The standard InChI is InChI=1S/C36H36N2O8/c1-44-30-21-25(8-13-29(30)41)34-33(36(43)38-18-16-23-5-11-27(40)12-6-23)28-19-24(20-31(45-2)35(28)46-34)7-14-32(42)37-17-15-22-3-9-26(39)10-4-22/h3-14,19-21,33-34,39-41H,15-18H2,1-2H3,(H,37,42)(H,38,43)/b14-7+. The van der Waals surface area contributed by atoms with E-state index in [2.05, 4.69) is 10.6 Å². The molecule has 2 unspecified atom stereocenters. The van der Waals surface area contributed by atoms with Crippen LogP contribution in [0.3, 0.4) is 0 Å². The van der Waals surface area contributed by atoms with Crippen LogP contribution in [0.25, 0.3) is 6.08 Å². The van der Waals surface area contributed by atoms with Gasteiger partial charge in [0.1, 0.15) is 23.5 Å². The molecule has 2 atom stereocenters. The van der Waals surface area contributed by atoms with Gasteiger partial charge in [0.05, 0.1) is 14.2 Å². The van der Waals surface area contributed by atoms with E-state index in [-0.39, 0.29) is 34.8 Å². The highest BCUT2D eigenvalue weighted by molar-refractivity contribution is 5.92. The van der Waals surface area contributed by atoms with E-state index in [0.29, 0.717) is 54.1 Å². The van der Waals surface area contributed by atoms with Crippen LogP contribution in [-0.2, 0) is 22.4 Å². The van der Waals surface area contributed by atoms with Gasteiger partial charge in [-0.25, -0.2) is 0 Å². The molecule has 2 amide bonds. The first-order chi connectivity index (χ1) is 22.2. The number of methoxy groups -OCH3 is 2. The molecule has 4 aromatic rings. The topological polar surface area (TPSA) is 147 Å². The third kappa shape index (κ3) is 7.52. The predicted molar refractivity (Wildman–Crippen MR) is 172 cm³/mol. The first-order valence-corrected chi connectivity index (χ1v) is 14.8. The lowest BCUT2D eigenvalue weighted by molar-refractivity contribution is -0.124. The molecule has 10 nitrogen and oxygen atoms in total. The van der Waals surface area contributed by atoms with E-state index >= 15 is 0 Å². The third-order valence-corrected chi connectivity index (χ3v) is 7.75. The fraction of sp³-hybridized carbons (Fsp3) is 0.222. The summed E-state index contributed by atoms with van der Waals surface area (Å²) in [4.78, 5) is 26.4. The van der Waals surface area contributed by atoms with Crippen molar-refractivity contribution in [2.45, 2.75) is 24.9 Å². The Hall–Kier alpha value is -5.64. The van der Waals surface area contributed by atoms with Crippen LogP contribution in [0, 0.1) is 0 Å². The first kappa shape index (κ1) is 31.8. The van der Waals surface area contributed by atoms with Crippen molar-refractivity contribution in [3.8, 4) is 34.5 Å². The van der Waals surface area contributed by atoms with Crippen molar-refractivity contribution in [3.05, 3.63) is 113 Å². The van der Waals surface area contributed by atoms with Crippen LogP contribution >= 0.6 is 0 Å². The number of phenolic OH excluding ortho intramolecular Hbond substituents is 3. The molecular formula is C36H36N2O8. The fourth-order valence-corrected chi connectivity index (χ4v) is 5.35. The number of nitrogens with one attached hydrogen (secondary N) is 2. The maximum atomic E-state index is 13.8. The summed E-state index contributed by atoms with van der Waals surface area (Å²) in [5, 5.41) is 35.1. The molecule has 4 aromatic carbocycles. The number of hydrogen-bond donors (Lipinski definition) is 5. The van der Waals surface area contributed by atoms with Crippen molar-refractivity contribution in [2.75, 3.05) is 27.3 Å². The number of ether oxygens (including phenoxy) is 3. The monoisotopic (exact) mass is 624 g/mol. The van der Waals surface area contributed by atoms with Gasteiger partial charge in [0.15, 0.2) is 23.0 Å². The molecule has 5 N–H and O–H groups in total. The van der Waals surface area contributed by atoms with Crippen molar-refractivity contribution < 1.29 is 39.1 Å². The van der Waals surface area contributed by atoms with E-state index in [4.69, 9.17) is 14.2 Å². The molecule has 0 bridgehead atoms. The normalized spacial score (nSPS) is 15.2. The quantitative estimate of drug-likeness (QED) is 0.142. The Morgan fingerprint density at radius 2 is 1.39 bits per heavy atom. The fourth-order valence-electron chi connectivity index (χ4n) is 5.35. The summed E-state index contributed by atoms with van der Waals surface area (Å²) in [6.07, 6.45) is 3.47. The molecule has 10 heteroatoms. The van der Waals surface area contributed by atoms with Gasteiger partial charge in [-0.15, -0.1) is 0 Å². The molecule has 1 aliphatic heterocycles. The minimum absolute atomic E-state index is 0.0389. The van der Waals surface area contributed by atoms with E-state index < -0.39 is 12.0 Å². The Morgan fingerprint density at radius 3 is 2.00 bits per heavy atom. The Labute approximate surface area is 266 Å². The summed E-state index contributed by atoms with van der Waals surface area (Å²) >= 11 is 0. The molecule has 0 aliphatic carbocycles. The zero-order valence-corrected chi connectivity index (χ0v) is 25.5. The molecule has 5 rings (SSSR count). The van der Waals surface area contributed by atoms with E-state index in [1.807, 2.05) is 0 Å². The highest BCUT2D eigenvalue weighted by atomic mass is 16.5. The smallest absolute Gasteiger partial charge is 0.244 e. The van der Waals surface area contributed by atoms with Crippen molar-refractivity contribution in [2.24, 2.45) is 0 Å². The van der Waals surface area contributed by atoms with Crippen LogP contribution in [0.5, 0.6) is 34.5 Å². The lowest BCUT2D eigenvalue weighted by Gasteiger charge is -2.20. The molecule has 1 heterocycles. The second kappa shape index (κ2) is 14.4. The molecule has 46 heavy (non-hydrogen) atoms. The number of benzene rings is 4. The number of hydrogen-bond acceptors (Lipinski definition) is 8. The van der Waals surface area contributed by atoms with Gasteiger partial charge in [-0.05, 0) is 89.7 Å². The molecule has 1 aliphatic rings. The number of fused-ring (bicyclic) bond motifs is 1. The number of carbonyl (C=O) groups is 2. The van der Waals surface area contributed by atoms with Crippen LogP contribution in [0.15, 0.2) is 84.9 Å². The molecular weight excluding hydrogens is 588 g/mol. The lowest BCUT2D eigenvalue weighted by Crippen LogP contribution is -2.33. The second-order valence-electron chi connectivity index (χ2n) is 10.8. The largest absolute Gasteiger partial charge is 0.508 e. The Balaban J connectivity index is 1.37. The second-order valence-corrected chi connectivity index (χ2v) is 10.8. The SMILES string of the molecule is COc1cc(C2Oc3c(OC)cc(/C=C/C(=O)NCCc4ccc(O)cc4)cc3C2C(=O)NCCc2ccc(O)cc2)ccc1O. The molecule has 0 spiro atoms. The highest BCUT2D eigenvalue weighted by Gasteiger charge is 2.42. The minimum Gasteiger partial charge on any atom is -0.508 e. The van der Waals surface area contributed by atoms with Gasteiger partial charge in [-0.2, -0.15) is 0 Å². The van der Waals surface area contributed by atoms with E-state index in [0.717, 1.165) is 11.1 Å². The summed E-state index contributed by atoms with van der Waals surface area (Å²) in [5.74, 6) is 0.0356. The van der Waals surface area contributed by atoms with Gasteiger partial charge in [0.2, 0.25) is 11.8 Å². The molecule has 0 radical (unpaired) electrons. The van der Waals surface area contributed by atoms with Crippen LogP contribution in [0.1, 0.15) is 39.8 Å². The van der Waals surface area contributed by atoms with Crippen LogP contribution < -0.4 is 24.8 Å². The summed E-state index contributed by atoms with van der Waals surface area (Å²) in [6, 6.07) is 22.0. The summed E-state index contributed by atoms with van der Waals surface area (Å²) in [7, 11) is 2.95. The average Bonchev–Trinajstić information content (AvgIpc) is 3.45. The molecule has 0 aromatic heterocycles. The number of carbonyl (C=O) groups excluding carboxylic acids is 2. The highest BCUT2D eigenvalue weighted by Crippen LogP contribution is 2.51. The van der Waals surface area contributed by atoms with Gasteiger partial charge < -0.3 is 40.2 Å². The Bertz CT molecular complexity index is 1720. The number of rotatable bonds is 12. The number of aromatic hydroxyl groups is 3. The van der Waals surface area contributed by atoms with Crippen LogP contribution in [0.2, 0.25) is 0 Å². The van der Waals surface area contributed by atoms with Gasteiger partial charge in [-0.3, -0.25) is 9.59 Å². The van der Waals surface area contributed by atoms with E-state index in [9.17, 15) is 24.9 Å².